The van der Waals surface area contributed by atoms with Crippen molar-refractivity contribution in [1.82, 2.24) is 4.98 Å². The summed E-state index contributed by atoms with van der Waals surface area (Å²) in [6.07, 6.45) is 0. The van der Waals surface area contributed by atoms with E-state index in [1.54, 1.807) is 6.92 Å². The molecule has 2 aromatic rings. The summed E-state index contributed by atoms with van der Waals surface area (Å²) in [5, 5.41) is -0.0211. The molecule has 2 heterocycles. The lowest BCUT2D eigenvalue weighted by Gasteiger charge is -2.07. The Morgan fingerprint density at radius 2 is 2.43 bits per heavy atom. The number of esters is 1. The standard InChI is InChI=1S/C14H11BrClNO3S/c1-2-19-14(18)13-17-11-8-5-7(15)3-4-10(8)20-6-9(16)12(11)21-13/h3-5,9H,2,6H2,1H3. The minimum absolute atomic E-state index is 0.318. The third-order valence-electron chi connectivity index (χ3n) is 2.97. The van der Waals surface area contributed by atoms with Crippen LogP contribution in [-0.4, -0.2) is 24.2 Å². The van der Waals surface area contributed by atoms with Crippen LogP contribution in [0.4, 0.5) is 0 Å². The molecule has 110 valence electrons. The Morgan fingerprint density at radius 3 is 3.19 bits per heavy atom. The molecule has 21 heavy (non-hydrogen) atoms. The largest absolute Gasteiger partial charge is 0.491 e. The Bertz CT molecular complexity index is 704. The number of aromatic nitrogens is 1. The number of hydrogen-bond donors (Lipinski definition) is 0. The van der Waals surface area contributed by atoms with E-state index in [0.29, 0.717) is 29.7 Å². The highest BCUT2D eigenvalue weighted by Crippen LogP contribution is 2.44. The molecule has 0 spiro atoms. The topological polar surface area (TPSA) is 48.4 Å². The molecule has 0 bridgehead atoms. The highest BCUT2D eigenvalue weighted by molar-refractivity contribution is 9.10. The van der Waals surface area contributed by atoms with E-state index < -0.39 is 5.97 Å². The van der Waals surface area contributed by atoms with E-state index in [1.807, 2.05) is 18.2 Å². The van der Waals surface area contributed by atoms with Gasteiger partial charge in [-0.15, -0.1) is 22.9 Å². The van der Waals surface area contributed by atoms with E-state index in [1.165, 1.54) is 11.3 Å². The van der Waals surface area contributed by atoms with E-state index in [0.717, 1.165) is 14.9 Å². The average Bonchev–Trinajstić information content (AvgIpc) is 2.86. The van der Waals surface area contributed by atoms with Gasteiger partial charge in [-0.1, -0.05) is 15.9 Å². The minimum atomic E-state index is -0.420. The summed E-state index contributed by atoms with van der Waals surface area (Å²) in [4.78, 5) is 17.1. The summed E-state index contributed by atoms with van der Waals surface area (Å²) in [7, 11) is 0. The first-order valence-electron chi connectivity index (χ1n) is 6.34. The van der Waals surface area contributed by atoms with Crippen molar-refractivity contribution in [3.63, 3.8) is 0 Å². The van der Waals surface area contributed by atoms with Crippen LogP contribution in [0.1, 0.15) is 27.0 Å². The summed E-state index contributed by atoms with van der Waals surface area (Å²) in [5.41, 5.74) is 1.52. The van der Waals surface area contributed by atoms with E-state index in [9.17, 15) is 4.79 Å². The second-order valence-electron chi connectivity index (χ2n) is 4.37. The predicted molar refractivity (Wildman–Crippen MR) is 85.3 cm³/mol. The number of carbonyl (C=O) groups is 1. The van der Waals surface area contributed by atoms with Crippen LogP contribution < -0.4 is 4.74 Å². The second kappa shape index (κ2) is 5.94. The van der Waals surface area contributed by atoms with Gasteiger partial charge in [-0.05, 0) is 25.1 Å². The Hall–Kier alpha value is -1.11. The Balaban J connectivity index is 2.14. The van der Waals surface area contributed by atoms with Gasteiger partial charge in [0.1, 0.15) is 17.7 Å². The molecule has 0 saturated carbocycles. The smallest absolute Gasteiger partial charge is 0.367 e. The molecular weight excluding hydrogens is 378 g/mol. The molecule has 0 radical (unpaired) electrons. The Morgan fingerprint density at radius 1 is 1.62 bits per heavy atom. The number of hydrogen-bond acceptors (Lipinski definition) is 5. The highest BCUT2D eigenvalue weighted by atomic mass is 79.9. The van der Waals surface area contributed by atoms with Crippen LogP contribution in [0.3, 0.4) is 0 Å². The SMILES string of the molecule is CCOC(=O)c1nc2c(s1)C(Cl)COc1ccc(Br)cc1-2. The Labute approximate surface area is 139 Å². The molecule has 7 heteroatoms. The van der Waals surface area contributed by atoms with E-state index in [4.69, 9.17) is 21.1 Å². The first-order valence-corrected chi connectivity index (χ1v) is 8.39. The summed E-state index contributed by atoms with van der Waals surface area (Å²) < 4.78 is 11.6. The summed E-state index contributed by atoms with van der Waals surface area (Å²) in [5.74, 6) is 0.292. The molecule has 0 amide bonds. The van der Waals surface area contributed by atoms with Gasteiger partial charge in [-0.2, -0.15) is 0 Å². The van der Waals surface area contributed by atoms with Crippen LogP contribution in [0, 0.1) is 0 Å². The number of ether oxygens (including phenoxy) is 2. The van der Waals surface area contributed by atoms with Gasteiger partial charge in [0, 0.05) is 10.0 Å². The number of nitrogens with zero attached hydrogens (tertiary/aromatic N) is 1. The molecule has 1 atom stereocenters. The zero-order valence-corrected chi connectivity index (χ0v) is 14.2. The molecule has 0 saturated heterocycles. The molecule has 0 N–H and O–H groups in total. The molecule has 1 aromatic heterocycles. The van der Waals surface area contributed by atoms with Crippen molar-refractivity contribution in [2.75, 3.05) is 13.2 Å². The van der Waals surface area contributed by atoms with E-state index >= 15 is 0 Å². The lowest BCUT2D eigenvalue weighted by molar-refractivity contribution is 0.0526. The van der Waals surface area contributed by atoms with Gasteiger partial charge >= 0.3 is 5.97 Å². The van der Waals surface area contributed by atoms with Crippen LogP contribution in [0.5, 0.6) is 5.75 Å². The molecule has 1 aliphatic heterocycles. The maximum absolute atomic E-state index is 11.9. The summed E-state index contributed by atoms with van der Waals surface area (Å²) in [6.45, 7) is 2.42. The van der Waals surface area contributed by atoms with Crippen molar-refractivity contribution in [1.29, 1.82) is 0 Å². The van der Waals surface area contributed by atoms with Crippen molar-refractivity contribution >= 4 is 44.8 Å². The van der Waals surface area contributed by atoms with Crippen molar-refractivity contribution in [3.8, 4) is 17.0 Å². The van der Waals surface area contributed by atoms with Crippen LogP contribution in [0.2, 0.25) is 0 Å². The van der Waals surface area contributed by atoms with Gasteiger partial charge in [0.2, 0.25) is 5.01 Å². The molecule has 4 nitrogen and oxygen atoms in total. The van der Waals surface area contributed by atoms with Gasteiger partial charge < -0.3 is 9.47 Å². The second-order valence-corrected chi connectivity index (χ2v) is 6.84. The number of carbonyl (C=O) groups excluding carboxylic acids is 1. The van der Waals surface area contributed by atoms with E-state index in [2.05, 4.69) is 20.9 Å². The normalized spacial score (nSPS) is 16.4. The first-order chi connectivity index (χ1) is 10.1. The molecule has 1 unspecified atom stereocenters. The Kier molecular flexibility index (Phi) is 4.19. The number of thiazole rings is 1. The van der Waals surface area contributed by atoms with Gasteiger partial charge in [0.25, 0.3) is 0 Å². The van der Waals surface area contributed by atoms with Gasteiger partial charge in [0.05, 0.1) is 17.2 Å². The fourth-order valence-electron chi connectivity index (χ4n) is 2.07. The molecule has 0 fully saturated rings. The van der Waals surface area contributed by atoms with Crippen molar-refractivity contribution in [2.45, 2.75) is 12.3 Å². The lowest BCUT2D eigenvalue weighted by Crippen LogP contribution is -2.04. The van der Waals surface area contributed by atoms with Crippen LogP contribution >= 0.6 is 38.9 Å². The molecule has 1 aliphatic rings. The zero-order chi connectivity index (χ0) is 15.0. The van der Waals surface area contributed by atoms with Gasteiger partial charge in [0.15, 0.2) is 0 Å². The predicted octanol–water partition coefficient (Wildman–Crippen LogP) is 4.42. The van der Waals surface area contributed by atoms with E-state index in [-0.39, 0.29) is 5.38 Å². The van der Waals surface area contributed by atoms with Crippen LogP contribution in [0.15, 0.2) is 22.7 Å². The molecule has 1 aromatic carbocycles. The fraction of sp³-hybridized carbons (Fsp3) is 0.286. The third kappa shape index (κ3) is 2.80. The molecular formula is C14H11BrClNO3S. The van der Waals surface area contributed by atoms with Gasteiger partial charge in [-0.3, -0.25) is 0 Å². The lowest BCUT2D eigenvalue weighted by atomic mass is 10.1. The average molecular weight is 389 g/mol. The third-order valence-corrected chi connectivity index (χ3v) is 5.09. The fourth-order valence-corrected chi connectivity index (χ4v) is 3.67. The maximum Gasteiger partial charge on any atom is 0.367 e. The molecule has 3 rings (SSSR count). The zero-order valence-electron chi connectivity index (χ0n) is 11.1. The van der Waals surface area contributed by atoms with Crippen LogP contribution in [0.25, 0.3) is 11.3 Å². The quantitative estimate of drug-likeness (QED) is 0.564. The van der Waals surface area contributed by atoms with Crippen molar-refractivity contribution in [3.05, 3.63) is 32.6 Å². The number of halogens is 2. The van der Waals surface area contributed by atoms with Crippen LogP contribution in [-0.2, 0) is 4.74 Å². The summed E-state index contributed by atoms with van der Waals surface area (Å²) in [6, 6.07) is 5.67. The van der Waals surface area contributed by atoms with Gasteiger partial charge in [-0.25, -0.2) is 9.78 Å². The number of benzene rings is 1. The summed E-state index contributed by atoms with van der Waals surface area (Å²) >= 11 is 11.1. The molecule has 0 aliphatic carbocycles. The highest BCUT2D eigenvalue weighted by Gasteiger charge is 2.28. The van der Waals surface area contributed by atoms with Crippen molar-refractivity contribution < 1.29 is 14.3 Å². The maximum atomic E-state index is 11.9. The monoisotopic (exact) mass is 387 g/mol. The minimum Gasteiger partial charge on any atom is -0.491 e. The van der Waals surface area contributed by atoms with Crippen molar-refractivity contribution in [2.24, 2.45) is 0 Å². The number of rotatable bonds is 2. The first kappa shape index (κ1) is 14.8. The number of fused-ring (bicyclic) bond motifs is 3. The number of alkyl halides is 1.